The van der Waals surface area contributed by atoms with Crippen LogP contribution in [0.4, 0.5) is 0 Å². The van der Waals surface area contributed by atoms with Crippen molar-refractivity contribution in [2.45, 2.75) is 148 Å². The van der Waals surface area contributed by atoms with Gasteiger partial charge >= 0.3 is 19.8 Å². The predicted molar refractivity (Wildman–Crippen MR) is 188 cm³/mol. The first kappa shape index (κ1) is 46.1. The van der Waals surface area contributed by atoms with E-state index in [0.717, 1.165) is 38.5 Å². The van der Waals surface area contributed by atoms with Crippen LogP contribution in [-0.4, -0.2) is 87.0 Å². The van der Waals surface area contributed by atoms with Crippen LogP contribution >= 0.6 is 7.82 Å². The maximum atomic E-state index is 12.5. The summed E-state index contributed by atoms with van der Waals surface area (Å²) in [4.78, 5) is 56.8. The Hall–Kier alpha value is -1.91. The molecule has 2 unspecified atom stereocenters. The number of rotatable bonds is 34. The largest absolute Gasteiger partial charge is 0.472 e. The van der Waals surface area contributed by atoms with E-state index in [2.05, 4.69) is 6.92 Å². The molecule has 0 spiro atoms. The second kappa shape index (κ2) is 30.0. The maximum Gasteiger partial charge on any atom is 0.472 e. The van der Waals surface area contributed by atoms with E-state index in [0.29, 0.717) is 43.0 Å². The third kappa shape index (κ3) is 32.6. The Balaban J connectivity index is 4.47. The number of unbranched alkanes of at least 4 members (excludes halogenated alkanes) is 16. The number of nitrogens with zero attached hydrogens (tertiary/aromatic N) is 1. The van der Waals surface area contributed by atoms with Gasteiger partial charge in [-0.1, -0.05) is 103 Å². The monoisotopic (exact) mass is 704 g/mol. The summed E-state index contributed by atoms with van der Waals surface area (Å²) in [6.45, 7) is 1.98. The van der Waals surface area contributed by atoms with Gasteiger partial charge in [0.1, 0.15) is 26.0 Å². The number of phosphoric acid groups is 1. The van der Waals surface area contributed by atoms with Gasteiger partial charge in [-0.2, -0.15) is 0 Å². The lowest BCUT2D eigenvalue weighted by molar-refractivity contribution is -0.870. The van der Waals surface area contributed by atoms with Crippen molar-refractivity contribution in [2.24, 2.45) is 0 Å². The fourth-order valence-corrected chi connectivity index (χ4v) is 5.62. The highest BCUT2D eigenvalue weighted by Crippen LogP contribution is 2.43. The van der Waals surface area contributed by atoms with E-state index in [4.69, 9.17) is 18.5 Å². The van der Waals surface area contributed by atoms with Crippen LogP contribution in [0.15, 0.2) is 12.2 Å². The van der Waals surface area contributed by atoms with Crippen LogP contribution in [0.25, 0.3) is 0 Å². The zero-order valence-electron chi connectivity index (χ0n) is 30.5. The van der Waals surface area contributed by atoms with Gasteiger partial charge < -0.3 is 18.9 Å². The Labute approximate surface area is 290 Å². The van der Waals surface area contributed by atoms with Crippen molar-refractivity contribution in [1.29, 1.82) is 0 Å². The molecule has 0 radical (unpaired) electrons. The molecule has 0 aliphatic carbocycles. The van der Waals surface area contributed by atoms with Gasteiger partial charge in [-0.3, -0.25) is 28.2 Å². The van der Waals surface area contributed by atoms with Crippen molar-refractivity contribution in [3.8, 4) is 0 Å². The number of carbonyl (C=O) groups is 4. The molecule has 48 heavy (non-hydrogen) atoms. The third-order valence-corrected chi connectivity index (χ3v) is 8.80. The fourth-order valence-electron chi connectivity index (χ4n) is 4.88. The fraction of sp³-hybridized carbons (Fsp3) is 0.833. The summed E-state index contributed by atoms with van der Waals surface area (Å²) in [6, 6.07) is 0. The molecule has 11 nitrogen and oxygen atoms in total. The first-order valence-corrected chi connectivity index (χ1v) is 19.8. The van der Waals surface area contributed by atoms with E-state index >= 15 is 0 Å². The molecule has 0 aromatic heterocycles. The Morgan fingerprint density at radius 2 is 1.17 bits per heavy atom. The summed E-state index contributed by atoms with van der Waals surface area (Å²) in [5.41, 5.74) is 0. The Kier molecular flexibility index (Phi) is 28.8. The Bertz CT molecular complexity index is 934. The van der Waals surface area contributed by atoms with Crippen LogP contribution in [0.1, 0.15) is 142 Å². The number of hydrogen-bond donors (Lipinski definition) is 1. The molecule has 0 aliphatic rings. The molecule has 0 aromatic carbocycles. The zero-order valence-corrected chi connectivity index (χ0v) is 31.4. The van der Waals surface area contributed by atoms with Crippen LogP contribution < -0.4 is 0 Å². The van der Waals surface area contributed by atoms with Crippen LogP contribution in [0, 0.1) is 0 Å². The van der Waals surface area contributed by atoms with Crippen molar-refractivity contribution < 1.29 is 51.6 Å². The van der Waals surface area contributed by atoms with Crippen molar-refractivity contribution in [1.82, 2.24) is 0 Å². The average molecular weight is 705 g/mol. The highest BCUT2D eigenvalue weighted by molar-refractivity contribution is 7.47. The predicted octanol–water partition coefficient (Wildman–Crippen LogP) is 7.82. The molecular formula is C36H67NO10P+. The van der Waals surface area contributed by atoms with Crippen LogP contribution in [0.5, 0.6) is 0 Å². The minimum Gasteiger partial charge on any atom is -0.462 e. The lowest BCUT2D eigenvalue weighted by Crippen LogP contribution is -2.37. The number of quaternary nitrogens is 1. The first-order valence-electron chi connectivity index (χ1n) is 18.3. The smallest absolute Gasteiger partial charge is 0.462 e. The molecule has 0 fully saturated rings. The van der Waals surface area contributed by atoms with Crippen LogP contribution in [0.2, 0.25) is 0 Å². The van der Waals surface area contributed by atoms with Gasteiger partial charge in [-0.15, -0.1) is 0 Å². The summed E-state index contributed by atoms with van der Waals surface area (Å²) in [7, 11) is 1.36. The number of carbonyl (C=O) groups excluding carboxylic acids is 4. The molecule has 0 rings (SSSR count). The summed E-state index contributed by atoms with van der Waals surface area (Å²) in [5, 5.41) is 0. The summed E-state index contributed by atoms with van der Waals surface area (Å²) < 4.78 is 33.9. The molecule has 0 saturated heterocycles. The number of allylic oxidation sites excluding steroid dienone is 2. The van der Waals surface area contributed by atoms with Gasteiger partial charge in [0.2, 0.25) is 0 Å². The molecule has 0 bridgehead atoms. The molecule has 2 atom stereocenters. The van der Waals surface area contributed by atoms with E-state index in [1.165, 1.54) is 69.9 Å². The van der Waals surface area contributed by atoms with E-state index in [-0.39, 0.29) is 31.8 Å². The van der Waals surface area contributed by atoms with Crippen molar-refractivity contribution >= 4 is 31.8 Å². The van der Waals surface area contributed by atoms with E-state index in [9.17, 15) is 28.6 Å². The molecule has 1 N–H and O–H groups in total. The van der Waals surface area contributed by atoms with Crippen molar-refractivity contribution in [2.75, 3.05) is 47.5 Å². The lowest BCUT2D eigenvalue weighted by atomic mass is 10.0. The van der Waals surface area contributed by atoms with Gasteiger partial charge in [0, 0.05) is 19.3 Å². The molecule has 0 aromatic rings. The van der Waals surface area contributed by atoms with Gasteiger partial charge in [-0.25, -0.2) is 4.57 Å². The molecular weight excluding hydrogens is 637 g/mol. The van der Waals surface area contributed by atoms with Crippen LogP contribution in [-0.2, 0) is 42.3 Å². The van der Waals surface area contributed by atoms with Crippen LogP contribution in [0.3, 0.4) is 0 Å². The standard InChI is InChI=1S/C36H66NO10P/c1-5-6-7-8-9-10-11-12-13-14-15-18-21-26-35(40)44-31-34(32-46-48(42,43)45-30-28-37(2,3)4)47-36(41)27-22-19-16-17-20-24-33(39)25-23-29-38/h23,25,29,34H,5-22,24,26-28,30-32H2,1-4H3/p+1/b25-23+. The number of ketones is 1. The summed E-state index contributed by atoms with van der Waals surface area (Å²) in [5.74, 6) is -1.02. The highest BCUT2D eigenvalue weighted by Gasteiger charge is 2.27. The Morgan fingerprint density at radius 3 is 1.67 bits per heavy atom. The first-order chi connectivity index (χ1) is 22.9. The Morgan fingerprint density at radius 1 is 0.688 bits per heavy atom. The molecule has 12 heteroatoms. The van der Waals surface area contributed by atoms with E-state index < -0.39 is 32.5 Å². The van der Waals surface area contributed by atoms with Crippen molar-refractivity contribution in [3.63, 3.8) is 0 Å². The molecule has 0 amide bonds. The van der Waals surface area contributed by atoms with Crippen molar-refractivity contribution in [3.05, 3.63) is 12.2 Å². The minimum atomic E-state index is -4.41. The maximum absolute atomic E-state index is 12.5. The molecule has 0 heterocycles. The lowest BCUT2D eigenvalue weighted by Gasteiger charge is -2.24. The topological polar surface area (TPSA) is 142 Å². The second-order valence-electron chi connectivity index (χ2n) is 13.6. The third-order valence-electron chi connectivity index (χ3n) is 7.82. The summed E-state index contributed by atoms with van der Waals surface area (Å²) >= 11 is 0. The normalized spacial score (nSPS) is 13.7. The number of ether oxygens (including phenoxy) is 2. The minimum absolute atomic E-state index is 0.000548. The zero-order chi connectivity index (χ0) is 35.9. The highest BCUT2D eigenvalue weighted by atomic mass is 31.2. The number of phosphoric ester groups is 1. The van der Waals surface area contributed by atoms with E-state index in [1.54, 1.807) is 0 Å². The average Bonchev–Trinajstić information content (AvgIpc) is 3.02. The number of likely N-dealkylation sites (N-methyl/N-ethyl adjacent to an activating group) is 1. The summed E-state index contributed by atoms with van der Waals surface area (Å²) in [6.07, 6.45) is 22.1. The molecule has 280 valence electrons. The number of esters is 2. The van der Waals surface area contributed by atoms with Gasteiger partial charge in [0.25, 0.3) is 0 Å². The SMILES string of the molecule is CCCCCCCCCCCCCCCC(=O)OCC(COP(=O)(O)OCC[N+](C)(C)C)OC(=O)CCCCCCCC(=O)/C=C/C=O. The quantitative estimate of drug-likeness (QED) is 0.0176. The van der Waals surface area contributed by atoms with Gasteiger partial charge in [0.05, 0.1) is 27.7 Å². The molecule has 0 aliphatic heterocycles. The number of hydrogen-bond acceptors (Lipinski definition) is 9. The van der Waals surface area contributed by atoms with E-state index in [1.807, 2.05) is 21.1 Å². The van der Waals surface area contributed by atoms with Gasteiger partial charge in [-0.05, 0) is 31.4 Å². The number of aldehydes is 1. The molecule has 0 saturated carbocycles. The second-order valence-corrected chi connectivity index (χ2v) is 15.1. The van der Waals surface area contributed by atoms with Gasteiger partial charge in [0.15, 0.2) is 11.9 Å².